The third-order valence-corrected chi connectivity index (χ3v) is 12.3. The molecule has 0 N–H and O–H groups in total. The second-order valence-electron chi connectivity index (χ2n) is 9.96. The summed E-state index contributed by atoms with van der Waals surface area (Å²) in [6.45, 7) is 11.6. The first-order valence-electron chi connectivity index (χ1n) is 10.3. The molecule has 6 nitrogen and oxygen atoms in total. The van der Waals surface area contributed by atoms with E-state index in [4.69, 9.17) is 28.1 Å². The number of hydrogen-bond acceptors (Lipinski definition) is 6. The van der Waals surface area contributed by atoms with Crippen LogP contribution >= 0.6 is 15.9 Å². The number of benzene rings is 1. The smallest absolute Gasteiger partial charge is 0.273 e. The van der Waals surface area contributed by atoms with Gasteiger partial charge < -0.3 is 28.1 Å². The second-order valence-corrected chi connectivity index (χ2v) is 15.6. The van der Waals surface area contributed by atoms with Gasteiger partial charge in [-0.2, -0.15) is 0 Å². The van der Waals surface area contributed by atoms with Crippen molar-refractivity contribution in [3.63, 3.8) is 0 Å². The monoisotopic (exact) mass is 484 g/mol. The van der Waals surface area contributed by atoms with Crippen molar-refractivity contribution in [2.45, 2.75) is 88.1 Å². The van der Waals surface area contributed by atoms with Crippen LogP contribution in [0.2, 0.25) is 18.1 Å². The van der Waals surface area contributed by atoms with Gasteiger partial charge in [0, 0.05) is 4.47 Å². The van der Waals surface area contributed by atoms with Gasteiger partial charge in [-0.25, -0.2) is 0 Å². The molecule has 0 aromatic heterocycles. The van der Waals surface area contributed by atoms with E-state index in [9.17, 15) is 0 Å². The molecule has 4 aliphatic heterocycles. The molecule has 1 aromatic rings. The van der Waals surface area contributed by atoms with Crippen molar-refractivity contribution in [3.8, 4) is 0 Å². The fourth-order valence-electron chi connectivity index (χ4n) is 4.29. The number of rotatable bonds is 5. The van der Waals surface area contributed by atoms with Crippen LogP contribution in [0.3, 0.4) is 0 Å². The van der Waals surface area contributed by atoms with Crippen molar-refractivity contribution in [3.05, 3.63) is 34.3 Å². The highest BCUT2D eigenvalue weighted by Crippen LogP contribution is 2.55. The Kier molecular flexibility index (Phi) is 4.85. The van der Waals surface area contributed by atoms with Crippen LogP contribution < -0.4 is 0 Å². The first-order chi connectivity index (χ1) is 13.6. The van der Waals surface area contributed by atoms with Gasteiger partial charge in [-0.15, -0.1) is 0 Å². The summed E-state index contributed by atoms with van der Waals surface area (Å²) in [5.74, 6) is 0. The van der Waals surface area contributed by atoms with Crippen LogP contribution in [-0.4, -0.2) is 57.5 Å². The van der Waals surface area contributed by atoms with Gasteiger partial charge in [0.25, 0.3) is 6.48 Å². The fourth-order valence-corrected chi connectivity index (χ4v) is 5.99. The van der Waals surface area contributed by atoms with Crippen molar-refractivity contribution in [2.75, 3.05) is 6.61 Å². The molecule has 5 aliphatic rings. The molecule has 0 radical (unpaired) electrons. The van der Waals surface area contributed by atoms with E-state index in [-0.39, 0.29) is 35.6 Å². The molecule has 1 aromatic carbocycles. The third kappa shape index (κ3) is 3.27. The summed E-state index contributed by atoms with van der Waals surface area (Å²) < 4.78 is 38.4. The Morgan fingerprint density at radius 3 is 2.38 bits per heavy atom. The van der Waals surface area contributed by atoms with Crippen molar-refractivity contribution < 1.29 is 28.1 Å². The largest absolute Gasteiger partial charge is 0.408 e. The maximum atomic E-state index is 6.82. The van der Waals surface area contributed by atoms with Crippen LogP contribution in [0.5, 0.6) is 0 Å². The second kappa shape index (κ2) is 6.84. The molecule has 4 bridgehead atoms. The Labute approximate surface area is 181 Å². The first-order valence-corrected chi connectivity index (χ1v) is 14.0. The molecular formula is C21H29BrO6Si. The van der Waals surface area contributed by atoms with E-state index in [0.29, 0.717) is 13.2 Å². The van der Waals surface area contributed by atoms with Crippen molar-refractivity contribution >= 4 is 24.2 Å². The minimum atomic E-state index is -2.05. The Balaban J connectivity index is 1.42. The summed E-state index contributed by atoms with van der Waals surface area (Å²) in [7, 11) is -2.05. The lowest BCUT2D eigenvalue weighted by Gasteiger charge is -2.60. The predicted octanol–water partition coefficient (Wildman–Crippen LogP) is 3.97. The maximum absolute atomic E-state index is 6.82. The molecule has 0 amide bonds. The van der Waals surface area contributed by atoms with Crippen LogP contribution in [0.25, 0.3) is 0 Å². The quantitative estimate of drug-likeness (QED) is 0.465. The van der Waals surface area contributed by atoms with Crippen molar-refractivity contribution in [2.24, 2.45) is 0 Å². The number of halogens is 1. The third-order valence-electron chi connectivity index (χ3n) is 7.09. The standard InChI is InChI=1S/C21H29BrO6Si/c1-20(2,3)29(4,5)28-16-14-15(23-10-12-8-6-7-9-13(12)22)17-21(11-24-21)18(16)27-19(25-14)26-17/h6-9,14-19H,10-11H2,1-5H3/t14-,15-,16+,17-,18-,19-,21+/m0/s1. The van der Waals surface area contributed by atoms with E-state index in [2.05, 4.69) is 55.9 Å². The average molecular weight is 485 g/mol. The summed E-state index contributed by atoms with van der Waals surface area (Å²) in [6, 6.07) is 8.08. The van der Waals surface area contributed by atoms with Crippen LogP contribution in [-0.2, 0) is 34.7 Å². The van der Waals surface area contributed by atoms with Gasteiger partial charge in [-0.3, -0.25) is 0 Å². The van der Waals surface area contributed by atoms with E-state index in [0.717, 1.165) is 10.0 Å². The molecule has 5 fully saturated rings. The zero-order chi connectivity index (χ0) is 20.6. The SMILES string of the molecule is CC(C)(C)[Si](C)(C)O[C@@H]1[C@H]2O[C@@H]3O[C@@H]1[C@@]1(CO1)[C@@H](O3)[C@H]2OCc1ccccc1Br. The molecule has 8 heteroatoms. The topological polar surface area (TPSA) is 58.7 Å². The van der Waals surface area contributed by atoms with E-state index in [1.54, 1.807) is 0 Å². The lowest BCUT2D eigenvalue weighted by Crippen LogP contribution is -2.78. The minimum absolute atomic E-state index is 0.0843. The molecule has 1 spiro atoms. The summed E-state index contributed by atoms with van der Waals surface area (Å²) in [5, 5.41) is 0.0843. The van der Waals surface area contributed by atoms with Gasteiger partial charge in [-0.1, -0.05) is 54.9 Å². The highest BCUT2D eigenvalue weighted by atomic mass is 79.9. The van der Waals surface area contributed by atoms with E-state index in [1.807, 2.05) is 18.2 Å². The van der Waals surface area contributed by atoms with Crippen LogP contribution in [0.1, 0.15) is 26.3 Å². The molecule has 4 saturated heterocycles. The molecule has 6 rings (SSSR count). The molecule has 160 valence electrons. The summed E-state index contributed by atoms with van der Waals surface area (Å²) in [6.07, 6.45) is -1.10. The highest BCUT2D eigenvalue weighted by Gasteiger charge is 2.76. The maximum Gasteiger partial charge on any atom is 0.273 e. The van der Waals surface area contributed by atoms with Gasteiger partial charge in [0.05, 0.1) is 13.2 Å². The highest BCUT2D eigenvalue weighted by molar-refractivity contribution is 9.10. The molecule has 7 atom stereocenters. The summed E-state index contributed by atoms with van der Waals surface area (Å²) >= 11 is 3.60. The van der Waals surface area contributed by atoms with Crippen LogP contribution in [0.4, 0.5) is 0 Å². The Morgan fingerprint density at radius 1 is 1.10 bits per heavy atom. The van der Waals surface area contributed by atoms with Gasteiger partial charge in [0.1, 0.15) is 36.1 Å². The van der Waals surface area contributed by atoms with E-state index >= 15 is 0 Å². The number of hydrogen-bond donors (Lipinski definition) is 0. The van der Waals surface area contributed by atoms with E-state index < -0.39 is 20.4 Å². The van der Waals surface area contributed by atoms with E-state index in [1.165, 1.54) is 0 Å². The van der Waals surface area contributed by atoms with Crippen LogP contribution in [0.15, 0.2) is 28.7 Å². The fraction of sp³-hybridized carbons (Fsp3) is 0.714. The Bertz CT molecular complexity index is 792. The molecule has 1 saturated carbocycles. The summed E-state index contributed by atoms with van der Waals surface area (Å²) in [5.41, 5.74) is 0.604. The molecule has 1 aliphatic carbocycles. The van der Waals surface area contributed by atoms with Gasteiger partial charge in [0.15, 0.2) is 8.32 Å². The first kappa shape index (κ1) is 20.6. The Morgan fingerprint density at radius 2 is 1.76 bits per heavy atom. The van der Waals surface area contributed by atoms with Crippen molar-refractivity contribution in [1.82, 2.24) is 0 Å². The van der Waals surface area contributed by atoms with Crippen LogP contribution in [0, 0.1) is 0 Å². The van der Waals surface area contributed by atoms with Crippen molar-refractivity contribution in [1.29, 1.82) is 0 Å². The normalized spacial score (nSPS) is 40.6. The zero-order valence-electron chi connectivity index (χ0n) is 17.5. The lowest BCUT2D eigenvalue weighted by molar-refractivity contribution is -0.479. The number of ether oxygens (including phenoxy) is 5. The predicted molar refractivity (Wildman–Crippen MR) is 112 cm³/mol. The van der Waals surface area contributed by atoms with Gasteiger partial charge in [0.2, 0.25) is 0 Å². The molecule has 0 unspecified atom stereocenters. The zero-order valence-corrected chi connectivity index (χ0v) is 20.1. The van der Waals surface area contributed by atoms with Gasteiger partial charge >= 0.3 is 0 Å². The number of epoxide rings is 1. The van der Waals surface area contributed by atoms with Gasteiger partial charge in [-0.05, 0) is 29.8 Å². The molecular weight excluding hydrogens is 456 g/mol. The minimum Gasteiger partial charge on any atom is -0.408 e. The molecule has 4 heterocycles. The molecule has 29 heavy (non-hydrogen) atoms. The lowest BCUT2D eigenvalue weighted by atomic mass is 9.76. The average Bonchev–Trinajstić information content (AvgIpc) is 3.43. The summed E-state index contributed by atoms with van der Waals surface area (Å²) in [4.78, 5) is 0. The Hall–Kier alpha value is -0.323.